The molecular weight excluding hydrogens is 283 g/mol. The smallest absolute Gasteiger partial charge is 0.209 e. The minimum atomic E-state index is -0.385. The van der Waals surface area contributed by atoms with E-state index in [9.17, 15) is 9.50 Å². The first-order chi connectivity index (χ1) is 10.6. The molecule has 1 fully saturated rings. The molecule has 1 heterocycles. The Bertz CT molecular complexity index is 620. The maximum absolute atomic E-state index is 13.2. The van der Waals surface area contributed by atoms with E-state index in [-0.39, 0.29) is 11.9 Å². The third-order valence-corrected chi connectivity index (χ3v) is 4.32. The monoisotopic (exact) mass is 306 g/mol. The molecule has 1 saturated carbocycles. The Labute approximate surface area is 129 Å². The molecule has 5 heteroatoms. The largest absolute Gasteiger partial charge is 0.439 e. The molecule has 0 spiro atoms. The van der Waals surface area contributed by atoms with Crippen molar-refractivity contribution in [2.45, 2.75) is 57.7 Å². The van der Waals surface area contributed by atoms with E-state index in [2.05, 4.69) is 9.88 Å². The molecule has 1 N–H and O–H groups in total. The van der Waals surface area contributed by atoms with Crippen molar-refractivity contribution in [2.75, 3.05) is 6.54 Å². The van der Waals surface area contributed by atoms with E-state index in [0.29, 0.717) is 36.1 Å². The van der Waals surface area contributed by atoms with Gasteiger partial charge in [0.25, 0.3) is 0 Å². The number of fused-ring (bicyclic) bond motifs is 1. The zero-order valence-electron chi connectivity index (χ0n) is 13.0. The second kappa shape index (κ2) is 6.75. The van der Waals surface area contributed by atoms with Crippen LogP contribution in [0.15, 0.2) is 22.6 Å². The molecular formula is C17H23FN2O2. The molecule has 1 aromatic carbocycles. The molecule has 0 amide bonds. The van der Waals surface area contributed by atoms with Gasteiger partial charge in [0, 0.05) is 18.7 Å². The molecule has 0 radical (unpaired) electrons. The fourth-order valence-electron chi connectivity index (χ4n) is 3.32. The predicted molar refractivity (Wildman–Crippen MR) is 82.9 cm³/mol. The first kappa shape index (κ1) is 15.4. The van der Waals surface area contributed by atoms with Gasteiger partial charge >= 0.3 is 0 Å². The second-order valence-electron chi connectivity index (χ2n) is 6.29. The van der Waals surface area contributed by atoms with Crippen LogP contribution in [-0.4, -0.2) is 33.7 Å². The molecule has 1 atom stereocenters. The summed E-state index contributed by atoms with van der Waals surface area (Å²) in [6, 6.07) is 4.85. The summed E-state index contributed by atoms with van der Waals surface area (Å²) in [6.45, 7) is 2.97. The van der Waals surface area contributed by atoms with E-state index in [0.717, 1.165) is 12.8 Å². The van der Waals surface area contributed by atoms with Crippen molar-refractivity contribution in [3.8, 4) is 0 Å². The van der Waals surface area contributed by atoms with Crippen molar-refractivity contribution in [1.29, 1.82) is 0 Å². The standard InChI is InChI=1S/C17H23FN2O2/c1-12(21)10-20(14-5-3-2-4-6-14)11-17-19-15-9-13(18)7-8-16(15)22-17/h7-9,12,14,21H,2-6,10-11H2,1H3. The molecule has 0 bridgehead atoms. The number of nitrogens with zero attached hydrogens (tertiary/aromatic N) is 2. The molecule has 22 heavy (non-hydrogen) atoms. The van der Waals surface area contributed by atoms with Crippen molar-refractivity contribution in [2.24, 2.45) is 0 Å². The number of halogens is 1. The Morgan fingerprint density at radius 1 is 1.36 bits per heavy atom. The summed E-state index contributed by atoms with van der Waals surface area (Å²) >= 11 is 0. The molecule has 1 aliphatic carbocycles. The van der Waals surface area contributed by atoms with Crippen LogP contribution in [0.2, 0.25) is 0 Å². The summed E-state index contributed by atoms with van der Waals surface area (Å²) in [5, 5.41) is 9.77. The van der Waals surface area contributed by atoms with Gasteiger partial charge in [-0.3, -0.25) is 4.90 Å². The molecule has 0 aliphatic heterocycles. The Hall–Kier alpha value is -1.46. The van der Waals surface area contributed by atoms with Gasteiger partial charge in [-0.15, -0.1) is 0 Å². The molecule has 1 aromatic heterocycles. The molecule has 3 rings (SSSR count). The van der Waals surface area contributed by atoms with Crippen molar-refractivity contribution >= 4 is 11.1 Å². The summed E-state index contributed by atoms with van der Waals surface area (Å²) < 4.78 is 19.0. The van der Waals surface area contributed by atoms with E-state index in [4.69, 9.17) is 4.42 Å². The molecule has 4 nitrogen and oxygen atoms in total. The minimum Gasteiger partial charge on any atom is -0.439 e. The highest BCUT2D eigenvalue weighted by Crippen LogP contribution is 2.25. The van der Waals surface area contributed by atoms with Gasteiger partial charge in [-0.1, -0.05) is 19.3 Å². The summed E-state index contributed by atoms with van der Waals surface area (Å²) in [4.78, 5) is 6.64. The molecule has 0 saturated heterocycles. The number of aliphatic hydroxyl groups excluding tert-OH is 1. The maximum atomic E-state index is 13.2. The van der Waals surface area contributed by atoms with Crippen LogP contribution in [-0.2, 0) is 6.54 Å². The van der Waals surface area contributed by atoms with E-state index in [1.165, 1.54) is 31.4 Å². The van der Waals surface area contributed by atoms with Crippen molar-refractivity contribution in [1.82, 2.24) is 9.88 Å². The molecule has 1 aliphatic rings. The first-order valence-electron chi connectivity index (χ1n) is 8.09. The van der Waals surface area contributed by atoms with Gasteiger partial charge in [-0.05, 0) is 31.9 Å². The lowest BCUT2D eigenvalue weighted by Crippen LogP contribution is -2.40. The summed E-state index contributed by atoms with van der Waals surface area (Å²) in [5.74, 6) is 0.285. The lowest BCUT2D eigenvalue weighted by Gasteiger charge is -2.34. The lowest BCUT2D eigenvalue weighted by atomic mass is 9.94. The SMILES string of the molecule is CC(O)CN(Cc1nc2cc(F)ccc2o1)C1CCCCC1. The highest BCUT2D eigenvalue weighted by molar-refractivity contribution is 5.72. The number of benzene rings is 1. The minimum absolute atomic E-state index is 0.305. The number of hydrogen-bond donors (Lipinski definition) is 1. The van der Waals surface area contributed by atoms with Gasteiger partial charge in [0.1, 0.15) is 11.3 Å². The fraction of sp³-hybridized carbons (Fsp3) is 0.588. The van der Waals surface area contributed by atoms with Crippen LogP contribution in [0.4, 0.5) is 4.39 Å². The third-order valence-electron chi connectivity index (χ3n) is 4.32. The average molecular weight is 306 g/mol. The van der Waals surface area contributed by atoms with Crippen molar-refractivity contribution in [3.05, 3.63) is 29.9 Å². The second-order valence-corrected chi connectivity index (χ2v) is 6.29. The third kappa shape index (κ3) is 3.65. The molecule has 120 valence electrons. The number of oxazole rings is 1. The van der Waals surface area contributed by atoms with Crippen LogP contribution in [0.5, 0.6) is 0 Å². The van der Waals surface area contributed by atoms with Gasteiger partial charge in [-0.2, -0.15) is 0 Å². The zero-order chi connectivity index (χ0) is 15.5. The Morgan fingerprint density at radius 3 is 2.86 bits per heavy atom. The number of hydrogen-bond acceptors (Lipinski definition) is 4. The predicted octanol–water partition coefficient (Wildman–Crippen LogP) is 3.48. The summed E-state index contributed by atoms with van der Waals surface area (Å²) in [5.41, 5.74) is 1.16. The van der Waals surface area contributed by atoms with E-state index in [1.54, 1.807) is 13.0 Å². The highest BCUT2D eigenvalue weighted by atomic mass is 19.1. The van der Waals surface area contributed by atoms with Crippen LogP contribution >= 0.6 is 0 Å². The van der Waals surface area contributed by atoms with Crippen LogP contribution in [0.1, 0.15) is 44.9 Å². The number of rotatable bonds is 5. The summed E-state index contributed by atoms with van der Waals surface area (Å²) in [7, 11) is 0. The molecule has 1 unspecified atom stereocenters. The van der Waals surface area contributed by atoms with Gasteiger partial charge < -0.3 is 9.52 Å². The quantitative estimate of drug-likeness (QED) is 0.919. The topological polar surface area (TPSA) is 49.5 Å². The van der Waals surface area contributed by atoms with Crippen molar-refractivity contribution < 1.29 is 13.9 Å². The summed E-state index contributed by atoms with van der Waals surface area (Å²) in [6.07, 6.45) is 5.69. The van der Waals surface area contributed by atoms with Gasteiger partial charge in [-0.25, -0.2) is 9.37 Å². The normalized spacial score (nSPS) is 18.2. The Balaban J connectivity index is 1.78. The van der Waals surface area contributed by atoms with E-state index < -0.39 is 0 Å². The van der Waals surface area contributed by atoms with E-state index >= 15 is 0 Å². The van der Waals surface area contributed by atoms with Gasteiger partial charge in [0.15, 0.2) is 5.58 Å². The van der Waals surface area contributed by atoms with E-state index in [1.807, 2.05) is 0 Å². The van der Waals surface area contributed by atoms with Gasteiger partial charge in [0.05, 0.1) is 12.6 Å². The van der Waals surface area contributed by atoms with Crippen molar-refractivity contribution in [3.63, 3.8) is 0 Å². The first-order valence-corrected chi connectivity index (χ1v) is 8.09. The lowest BCUT2D eigenvalue weighted by molar-refractivity contribution is 0.0710. The number of aliphatic hydroxyl groups is 1. The Morgan fingerprint density at radius 2 is 2.14 bits per heavy atom. The van der Waals surface area contributed by atoms with Crippen LogP contribution in [0.3, 0.4) is 0 Å². The Kier molecular flexibility index (Phi) is 4.74. The maximum Gasteiger partial charge on any atom is 0.209 e. The highest BCUT2D eigenvalue weighted by Gasteiger charge is 2.24. The van der Waals surface area contributed by atoms with Crippen LogP contribution < -0.4 is 0 Å². The number of aromatic nitrogens is 1. The van der Waals surface area contributed by atoms with Crippen LogP contribution in [0, 0.1) is 5.82 Å². The van der Waals surface area contributed by atoms with Crippen LogP contribution in [0.25, 0.3) is 11.1 Å². The average Bonchev–Trinajstić information content (AvgIpc) is 2.88. The fourth-order valence-corrected chi connectivity index (χ4v) is 3.32. The zero-order valence-corrected chi connectivity index (χ0v) is 13.0. The van der Waals surface area contributed by atoms with Gasteiger partial charge in [0.2, 0.25) is 5.89 Å². The molecule has 2 aromatic rings.